The molecule has 5 rings (SSSR count). The lowest BCUT2D eigenvalue weighted by atomic mass is 9.97. The molecule has 186 valence electrons. The maximum absolute atomic E-state index is 11.8. The molecule has 5 aromatic rings. The molecule has 1 atom stereocenters. The highest BCUT2D eigenvalue weighted by molar-refractivity contribution is 5.96. The molecule has 0 aliphatic rings. The molecule has 4 nitrogen and oxygen atoms in total. The van der Waals surface area contributed by atoms with Gasteiger partial charge < -0.3 is 14.3 Å². The highest BCUT2D eigenvalue weighted by atomic mass is 16.5. The van der Waals surface area contributed by atoms with Crippen LogP contribution in [0.25, 0.3) is 33.2 Å². The molecule has 0 radical (unpaired) electrons. The van der Waals surface area contributed by atoms with Crippen molar-refractivity contribution in [2.24, 2.45) is 0 Å². The van der Waals surface area contributed by atoms with Gasteiger partial charge in [0, 0.05) is 23.8 Å². The highest BCUT2D eigenvalue weighted by Gasteiger charge is 2.20. The number of carboxylic acid groups (broad SMARTS) is 1. The summed E-state index contributed by atoms with van der Waals surface area (Å²) in [7, 11) is 0. The van der Waals surface area contributed by atoms with E-state index >= 15 is 0 Å². The zero-order valence-electron chi connectivity index (χ0n) is 20.9. The van der Waals surface area contributed by atoms with E-state index in [9.17, 15) is 9.90 Å². The van der Waals surface area contributed by atoms with E-state index in [1.165, 1.54) is 5.56 Å². The number of hydrogen-bond donors (Lipinski definition) is 1. The Labute approximate surface area is 217 Å². The monoisotopic (exact) mass is 490 g/mol. The Morgan fingerprint density at radius 2 is 1.43 bits per heavy atom. The van der Waals surface area contributed by atoms with Crippen LogP contribution in [-0.4, -0.2) is 17.2 Å². The Morgan fingerprint density at radius 1 is 0.811 bits per heavy atom. The topological polar surface area (TPSA) is 59.7 Å². The number of carboxylic acids is 1. The molecule has 1 N–H and O–H groups in total. The fourth-order valence-electron chi connectivity index (χ4n) is 4.65. The predicted molar refractivity (Wildman–Crippen MR) is 148 cm³/mol. The average molecular weight is 491 g/mol. The van der Waals surface area contributed by atoms with Crippen molar-refractivity contribution in [1.82, 2.24) is 0 Å². The minimum atomic E-state index is -0.978. The average Bonchev–Trinajstić information content (AvgIpc) is 3.31. The summed E-state index contributed by atoms with van der Waals surface area (Å²) in [6, 6.07) is 33.9. The van der Waals surface area contributed by atoms with Crippen molar-refractivity contribution in [2.45, 2.75) is 38.7 Å². The molecule has 0 saturated carbocycles. The van der Waals surface area contributed by atoms with Crippen LogP contribution >= 0.6 is 0 Å². The summed E-state index contributed by atoms with van der Waals surface area (Å²) in [6.45, 7) is 2.19. The molecular weight excluding hydrogens is 460 g/mol. The molecule has 37 heavy (non-hydrogen) atoms. The van der Waals surface area contributed by atoms with E-state index in [-0.39, 0.29) is 0 Å². The summed E-state index contributed by atoms with van der Waals surface area (Å²) < 4.78 is 12.0. The lowest BCUT2D eigenvalue weighted by Gasteiger charge is -2.15. The first-order valence-corrected chi connectivity index (χ1v) is 12.8. The molecule has 1 heterocycles. The normalized spacial score (nSPS) is 11.9. The summed E-state index contributed by atoms with van der Waals surface area (Å²) in [5.41, 5.74) is 6.29. The first-order chi connectivity index (χ1) is 18.1. The van der Waals surface area contributed by atoms with Gasteiger partial charge >= 0.3 is 5.97 Å². The molecule has 0 aliphatic carbocycles. The van der Waals surface area contributed by atoms with Crippen LogP contribution < -0.4 is 4.74 Å². The number of furan rings is 1. The van der Waals surface area contributed by atoms with Gasteiger partial charge in [-0.25, -0.2) is 4.79 Å². The zero-order valence-corrected chi connectivity index (χ0v) is 20.9. The third kappa shape index (κ3) is 5.59. The van der Waals surface area contributed by atoms with Crippen molar-refractivity contribution < 1.29 is 19.1 Å². The second-order valence-electron chi connectivity index (χ2n) is 9.24. The van der Waals surface area contributed by atoms with Gasteiger partial charge in [-0.1, -0.05) is 98.3 Å². The lowest BCUT2D eigenvalue weighted by Crippen LogP contribution is -2.29. The third-order valence-corrected chi connectivity index (χ3v) is 6.60. The van der Waals surface area contributed by atoms with Crippen molar-refractivity contribution >= 4 is 16.9 Å². The second kappa shape index (κ2) is 11.2. The van der Waals surface area contributed by atoms with Crippen molar-refractivity contribution in [2.75, 3.05) is 0 Å². The van der Waals surface area contributed by atoms with Gasteiger partial charge in [0.15, 0.2) is 6.10 Å². The molecule has 1 unspecified atom stereocenters. The van der Waals surface area contributed by atoms with Gasteiger partial charge in [0.2, 0.25) is 0 Å². The van der Waals surface area contributed by atoms with Gasteiger partial charge in [-0.3, -0.25) is 0 Å². The third-order valence-electron chi connectivity index (χ3n) is 6.60. The van der Waals surface area contributed by atoms with Crippen LogP contribution in [0.15, 0.2) is 108 Å². The number of fused-ring (bicyclic) bond motifs is 1. The number of rotatable bonds is 10. The smallest absolute Gasteiger partial charge is 0.345 e. The minimum absolute atomic E-state index is 0.308. The summed E-state index contributed by atoms with van der Waals surface area (Å²) in [6.07, 6.45) is 2.49. The van der Waals surface area contributed by atoms with Crippen LogP contribution in [0.4, 0.5) is 0 Å². The Balaban J connectivity index is 1.34. The van der Waals surface area contributed by atoms with Crippen LogP contribution in [0.1, 0.15) is 31.1 Å². The Bertz CT molecular complexity index is 1470. The first kappa shape index (κ1) is 24.4. The minimum Gasteiger partial charge on any atom is -0.478 e. The molecule has 4 heteroatoms. The molecule has 0 fully saturated rings. The number of unbranched alkanes of at least 4 members (excludes halogenated alkanes) is 1. The van der Waals surface area contributed by atoms with Gasteiger partial charge in [-0.05, 0) is 46.9 Å². The molecular formula is C33H30O4. The lowest BCUT2D eigenvalue weighted by molar-refractivity contribution is -0.145. The number of benzene rings is 4. The van der Waals surface area contributed by atoms with E-state index in [2.05, 4.69) is 43.3 Å². The van der Waals surface area contributed by atoms with Gasteiger partial charge in [0.1, 0.15) is 17.1 Å². The number of para-hydroxylation sites is 1. The van der Waals surface area contributed by atoms with E-state index in [1.807, 2.05) is 66.7 Å². The van der Waals surface area contributed by atoms with Crippen molar-refractivity contribution in [3.63, 3.8) is 0 Å². The maximum atomic E-state index is 11.8. The highest BCUT2D eigenvalue weighted by Crippen LogP contribution is 2.36. The Kier molecular flexibility index (Phi) is 7.36. The van der Waals surface area contributed by atoms with Gasteiger partial charge in [0.25, 0.3) is 0 Å². The fourth-order valence-corrected chi connectivity index (χ4v) is 4.65. The van der Waals surface area contributed by atoms with Gasteiger partial charge in [0.05, 0.1) is 0 Å². The molecule has 0 amide bonds. The first-order valence-electron chi connectivity index (χ1n) is 12.8. The molecule has 1 aromatic heterocycles. The van der Waals surface area contributed by atoms with Crippen molar-refractivity contribution in [3.05, 3.63) is 114 Å². The van der Waals surface area contributed by atoms with E-state index in [1.54, 1.807) is 0 Å². The van der Waals surface area contributed by atoms with Crippen LogP contribution in [0.2, 0.25) is 0 Å². The number of ether oxygens (including phenoxy) is 1. The molecule has 0 saturated heterocycles. The van der Waals surface area contributed by atoms with E-state index in [0.717, 1.165) is 58.2 Å². The van der Waals surface area contributed by atoms with Crippen molar-refractivity contribution in [3.8, 4) is 28.0 Å². The zero-order chi connectivity index (χ0) is 25.6. The van der Waals surface area contributed by atoms with E-state index in [4.69, 9.17) is 9.15 Å². The Hall–Kier alpha value is -4.31. The summed E-state index contributed by atoms with van der Waals surface area (Å²) in [5.74, 6) is 0.600. The quantitative estimate of drug-likeness (QED) is 0.214. The number of aryl methyl sites for hydroxylation is 1. The van der Waals surface area contributed by atoms with Crippen LogP contribution in [0.5, 0.6) is 5.75 Å². The second-order valence-corrected chi connectivity index (χ2v) is 9.24. The predicted octanol–water partition coefficient (Wildman–Crippen LogP) is 8.18. The van der Waals surface area contributed by atoms with Crippen LogP contribution in [0, 0.1) is 0 Å². The molecule has 0 spiro atoms. The van der Waals surface area contributed by atoms with Gasteiger partial charge in [-0.15, -0.1) is 0 Å². The Morgan fingerprint density at radius 3 is 2.11 bits per heavy atom. The van der Waals surface area contributed by atoms with Gasteiger partial charge in [-0.2, -0.15) is 0 Å². The standard InChI is InChI=1S/C33H30O4/c1-2-3-12-30-32(28-11-7-8-13-29(28)37-30)26-16-14-24(15-17-26)25-18-20-27(21-19-25)36-31(33(34)35)22-23-9-5-4-6-10-23/h4-11,13-21,31H,2-3,12,22H2,1H3,(H,34,35). The SMILES string of the molecule is CCCCc1oc2ccccc2c1-c1ccc(-c2ccc(OC(Cc3ccccc3)C(=O)O)cc2)cc1. The number of carbonyl (C=O) groups is 1. The fraction of sp³-hybridized carbons (Fsp3) is 0.182. The maximum Gasteiger partial charge on any atom is 0.345 e. The largest absolute Gasteiger partial charge is 0.478 e. The number of hydrogen-bond acceptors (Lipinski definition) is 3. The summed E-state index contributed by atoms with van der Waals surface area (Å²) in [4.78, 5) is 11.8. The molecule has 4 aromatic carbocycles. The molecule has 0 bridgehead atoms. The molecule has 0 aliphatic heterocycles. The summed E-state index contributed by atoms with van der Waals surface area (Å²) >= 11 is 0. The summed E-state index contributed by atoms with van der Waals surface area (Å²) in [5, 5.41) is 10.8. The van der Waals surface area contributed by atoms with Crippen molar-refractivity contribution in [1.29, 1.82) is 0 Å². The number of aliphatic carboxylic acids is 1. The van der Waals surface area contributed by atoms with E-state index < -0.39 is 12.1 Å². The van der Waals surface area contributed by atoms with E-state index in [0.29, 0.717) is 12.2 Å². The van der Waals surface area contributed by atoms with Crippen LogP contribution in [0.3, 0.4) is 0 Å². The van der Waals surface area contributed by atoms with Crippen LogP contribution in [-0.2, 0) is 17.6 Å².